The highest BCUT2D eigenvalue weighted by Crippen LogP contribution is 2.77. The molecule has 1 heterocycles. The fourth-order valence-corrected chi connectivity index (χ4v) is 4.60. The van der Waals surface area contributed by atoms with Crippen LogP contribution in [0.15, 0.2) is 48.7 Å². The summed E-state index contributed by atoms with van der Waals surface area (Å²) in [6, 6.07) is 15.4. The van der Waals surface area contributed by atoms with Gasteiger partial charge in [-0.3, -0.25) is 4.79 Å². The molecule has 2 aliphatic carbocycles. The molecule has 2 atom stereocenters. The van der Waals surface area contributed by atoms with E-state index >= 15 is 0 Å². The Hall–Kier alpha value is -3.92. The molecule has 1 aromatic heterocycles. The molecular formula is C24H22N6O. The van der Waals surface area contributed by atoms with Crippen LogP contribution in [0.2, 0.25) is 0 Å². The topological polar surface area (TPSA) is 117 Å². The Labute approximate surface area is 180 Å². The minimum absolute atomic E-state index is 0.0893. The van der Waals surface area contributed by atoms with Crippen LogP contribution in [0.3, 0.4) is 0 Å². The number of benzene rings is 2. The fraction of sp³-hybridized carbons (Fsp3) is 0.250. The predicted molar refractivity (Wildman–Crippen MR) is 118 cm³/mol. The molecule has 31 heavy (non-hydrogen) atoms. The number of anilines is 4. The summed E-state index contributed by atoms with van der Waals surface area (Å²) in [5.74, 6) is 2.47. The second kappa shape index (κ2) is 7.10. The summed E-state index contributed by atoms with van der Waals surface area (Å²) in [5, 5.41) is 15.5. The van der Waals surface area contributed by atoms with Crippen molar-refractivity contribution < 1.29 is 4.79 Å². The number of amides is 1. The summed E-state index contributed by atoms with van der Waals surface area (Å²) in [6.07, 6.45) is 1.70. The number of hydrogen-bond donors (Lipinski definition) is 3. The van der Waals surface area contributed by atoms with Gasteiger partial charge in [-0.05, 0) is 78.6 Å². The molecule has 2 unspecified atom stereocenters. The van der Waals surface area contributed by atoms with Crippen LogP contribution >= 0.6 is 0 Å². The van der Waals surface area contributed by atoms with Crippen molar-refractivity contribution in [3.05, 3.63) is 70.9 Å². The average molecular weight is 410 g/mol. The number of rotatable bonds is 6. The summed E-state index contributed by atoms with van der Waals surface area (Å²) in [7, 11) is 0. The van der Waals surface area contributed by atoms with Crippen LogP contribution in [0.4, 0.5) is 23.1 Å². The fourth-order valence-electron chi connectivity index (χ4n) is 4.60. The Kier molecular flexibility index (Phi) is 4.36. The highest BCUT2D eigenvalue weighted by atomic mass is 16.1. The highest BCUT2D eigenvalue weighted by Gasteiger charge is 2.75. The molecule has 2 saturated carbocycles. The van der Waals surface area contributed by atoms with Crippen LogP contribution in [0.5, 0.6) is 0 Å². The van der Waals surface area contributed by atoms with Crippen molar-refractivity contribution in [1.82, 2.24) is 9.97 Å². The molecule has 7 heteroatoms. The van der Waals surface area contributed by atoms with E-state index in [0.29, 0.717) is 35.1 Å². The van der Waals surface area contributed by atoms with Crippen LogP contribution in [0, 0.1) is 42.9 Å². The first-order chi connectivity index (χ1) is 15.0. The number of aryl methyl sites for hydroxylation is 2. The van der Waals surface area contributed by atoms with Crippen LogP contribution in [0.1, 0.15) is 28.2 Å². The standard InChI is InChI=1S/C24H22N6O/c1-12-9-15(18-19-20(18)21(19)23(26)31)10-13(2)22(12)29-17-7-8-27-24(30-17)28-16-5-3-14(11-25)4-6-16/h3-10,18-21H,1-2H3,(H2,26,31)(H2,27,28,29,30). The molecular weight excluding hydrogens is 388 g/mol. The van der Waals surface area contributed by atoms with Gasteiger partial charge in [0.05, 0.1) is 11.6 Å². The van der Waals surface area contributed by atoms with E-state index in [9.17, 15) is 4.79 Å². The highest BCUT2D eigenvalue weighted by molar-refractivity contribution is 5.84. The van der Waals surface area contributed by atoms with Gasteiger partial charge in [-0.25, -0.2) is 4.98 Å². The normalized spacial score (nSPS) is 22.7. The van der Waals surface area contributed by atoms with E-state index in [1.54, 1.807) is 18.3 Å². The van der Waals surface area contributed by atoms with Crippen LogP contribution in [0.25, 0.3) is 0 Å². The van der Waals surface area contributed by atoms with Gasteiger partial charge in [0.15, 0.2) is 0 Å². The molecule has 4 N–H and O–H groups in total. The quantitative estimate of drug-likeness (QED) is 0.567. The Morgan fingerprint density at radius 2 is 1.74 bits per heavy atom. The maximum absolute atomic E-state index is 11.3. The van der Waals surface area contributed by atoms with E-state index in [2.05, 4.69) is 52.7 Å². The number of carbonyl (C=O) groups is 1. The van der Waals surface area contributed by atoms with Crippen molar-refractivity contribution in [2.45, 2.75) is 19.8 Å². The molecule has 1 amide bonds. The van der Waals surface area contributed by atoms with Gasteiger partial charge in [-0.15, -0.1) is 0 Å². The molecule has 0 bridgehead atoms. The second-order valence-electron chi connectivity index (χ2n) is 8.34. The number of nitrogens with two attached hydrogens (primary N) is 1. The Morgan fingerprint density at radius 1 is 1.06 bits per heavy atom. The summed E-state index contributed by atoms with van der Waals surface area (Å²) < 4.78 is 0. The zero-order valence-corrected chi connectivity index (χ0v) is 17.3. The maximum Gasteiger partial charge on any atom is 0.229 e. The second-order valence-corrected chi connectivity index (χ2v) is 8.34. The summed E-state index contributed by atoms with van der Waals surface area (Å²) in [4.78, 5) is 20.2. The number of aromatic nitrogens is 2. The third-order valence-electron chi connectivity index (χ3n) is 6.27. The number of nitrogens with zero attached hydrogens (tertiary/aromatic N) is 3. The first kappa shape index (κ1) is 19.1. The minimum atomic E-state index is -0.160. The predicted octanol–water partition coefficient (Wildman–Crippen LogP) is 3.90. The molecule has 154 valence electrons. The number of nitrogens with one attached hydrogen (secondary N) is 2. The van der Waals surface area contributed by atoms with Crippen molar-refractivity contribution in [2.24, 2.45) is 23.5 Å². The number of fused-ring (bicyclic) bond motifs is 1. The lowest BCUT2D eigenvalue weighted by Gasteiger charge is -2.17. The van der Waals surface area contributed by atoms with Crippen molar-refractivity contribution in [1.29, 1.82) is 5.26 Å². The van der Waals surface area contributed by atoms with E-state index < -0.39 is 0 Å². The van der Waals surface area contributed by atoms with E-state index in [1.807, 2.05) is 18.2 Å². The van der Waals surface area contributed by atoms with Crippen LogP contribution in [-0.4, -0.2) is 15.9 Å². The van der Waals surface area contributed by atoms with Gasteiger partial charge in [-0.1, -0.05) is 12.1 Å². The van der Waals surface area contributed by atoms with Gasteiger partial charge < -0.3 is 16.4 Å². The first-order valence-corrected chi connectivity index (χ1v) is 10.2. The van der Waals surface area contributed by atoms with E-state index in [1.165, 1.54) is 5.56 Å². The molecule has 0 spiro atoms. The summed E-state index contributed by atoms with van der Waals surface area (Å²) in [5.41, 5.74) is 11.4. The van der Waals surface area contributed by atoms with Gasteiger partial charge in [0, 0.05) is 23.5 Å². The van der Waals surface area contributed by atoms with Crippen molar-refractivity contribution >= 4 is 29.0 Å². The van der Waals surface area contributed by atoms with Gasteiger partial charge in [0.25, 0.3) is 0 Å². The number of carbonyl (C=O) groups excluding carboxylic acids is 1. The van der Waals surface area contributed by atoms with E-state index in [0.717, 1.165) is 22.5 Å². The molecule has 2 aliphatic rings. The number of hydrogen-bond acceptors (Lipinski definition) is 6. The SMILES string of the molecule is Cc1cc(C2C3C(C(N)=O)C23)cc(C)c1Nc1ccnc(Nc2ccc(C#N)cc2)n1. The Morgan fingerprint density at radius 3 is 2.35 bits per heavy atom. The first-order valence-electron chi connectivity index (χ1n) is 10.2. The van der Waals surface area contributed by atoms with E-state index in [4.69, 9.17) is 11.0 Å². The molecule has 2 aromatic carbocycles. The molecule has 0 radical (unpaired) electrons. The number of primary amides is 1. The average Bonchev–Trinajstić information content (AvgIpc) is 3.64. The smallest absolute Gasteiger partial charge is 0.229 e. The summed E-state index contributed by atoms with van der Waals surface area (Å²) >= 11 is 0. The molecule has 0 saturated heterocycles. The van der Waals surface area contributed by atoms with Crippen LogP contribution in [-0.2, 0) is 4.79 Å². The molecule has 5 rings (SSSR count). The molecule has 2 fully saturated rings. The maximum atomic E-state index is 11.3. The third-order valence-corrected chi connectivity index (χ3v) is 6.27. The largest absolute Gasteiger partial charge is 0.369 e. The lowest BCUT2D eigenvalue weighted by molar-refractivity contribution is -0.120. The Balaban J connectivity index is 1.30. The third kappa shape index (κ3) is 3.46. The molecule has 3 aromatic rings. The van der Waals surface area contributed by atoms with Gasteiger partial charge in [0.2, 0.25) is 11.9 Å². The minimum Gasteiger partial charge on any atom is -0.369 e. The number of nitriles is 1. The lowest BCUT2D eigenvalue weighted by atomic mass is 9.93. The van der Waals surface area contributed by atoms with Crippen LogP contribution < -0.4 is 16.4 Å². The molecule has 7 nitrogen and oxygen atoms in total. The molecule has 0 aliphatic heterocycles. The van der Waals surface area contributed by atoms with Gasteiger partial charge in [-0.2, -0.15) is 10.2 Å². The van der Waals surface area contributed by atoms with Gasteiger partial charge in [0.1, 0.15) is 5.82 Å². The zero-order chi connectivity index (χ0) is 21.7. The zero-order valence-electron chi connectivity index (χ0n) is 17.3. The van der Waals surface area contributed by atoms with Crippen molar-refractivity contribution in [3.63, 3.8) is 0 Å². The van der Waals surface area contributed by atoms with Crippen molar-refractivity contribution in [2.75, 3.05) is 10.6 Å². The Bertz CT molecular complexity index is 1200. The van der Waals surface area contributed by atoms with Gasteiger partial charge >= 0.3 is 0 Å². The monoisotopic (exact) mass is 410 g/mol. The van der Waals surface area contributed by atoms with Crippen molar-refractivity contribution in [3.8, 4) is 6.07 Å². The lowest BCUT2D eigenvalue weighted by Crippen LogP contribution is -2.20. The van der Waals surface area contributed by atoms with E-state index in [-0.39, 0.29) is 11.8 Å². The summed E-state index contributed by atoms with van der Waals surface area (Å²) in [6.45, 7) is 4.16.